The molecule has 0 bridgehead atoms. The van der Waals surface area contributed by atoms with Gasteiger partial charge in [0, 0.05) is 5.56 Å². The molecule has 3 nitrogen and oxygen atoms in total. The largest absolute Gasteiger partial charge is 0.481 e. The Hall–Kier alpha value is -1.64. The minimum absolute atomic E-state index is 0.483. The highest BCUT2D eigenvalue weighted by molar-refractivity contribution is 5.79. The van der Waals surface area contributed by atoms with Crippen molar-refractivity contribution >= 4 is 12.3 Å². The zero-order valence-electron chi connectivity index (χ0n) is 11.0. The van der Waals surface area contributed by atoms with Gasteiger partial charge in [0.2, 0.25) is 0 Å². The normalized spacial score (nSPS) is 17.9. The number of carbonyl (C=O) groups is 2. The molecule has 0 spiro atoms. The van der Waals surface area contributed by atoms with Crippen molar-refractivity contribution < 1.29 is 14.7 Å². The zero-order valence-corrected chi connectivity index (χ0v) is 11.0. The number of aldehydes is 1. The maximum Gasteiger partial charge on any atom is 0.310 e. The summed E-state index contributed by atoms with van der Waals surface area (Å²) in [6, 6.07) is 6.98. The Kier molecular flexibility index (Phi) is 4.72. The summed E-state index contributed by atoms with van der Waals surface area (Å²) in [4.78, 5) is 22.3. The third-order valence-electron chi connectivity index (χ3n) is 4.04. The molecule has 3 heteroatoms. The number of carbonyl (C=O) groups excluding carboxylic acids is 1. The van der Waals surface area contributed by atoms with E-state index in [-0.39, 0.29) is 0 Å². The van der Waals surface area contributed by atoms with Crippen LogP contribution in [0.3, 0.4) is 0 Å². The molecule has 1 aromatic rings. The van der Waals surface area contributed by atoms with Crippen LogP contribution in [0.15, 0.2) is 24.3 Å². The van der Waals surface area contributed by atoms with Crippen molar-refractivity contribution in [3.8, 4) is 0 Å². The van der Waals surface area contributed by atoms with Gasteiger partial charge in [-0.1, -0.05) is 50.3 Å². The van der Waals surface area contributed by atoms with E-state index in [0.717, 1.165) is 24.7 Å². The van der Waals surface area contributed by atoms with E-state index in [4.69, 9.17) is 0 Å². The van der Waals surface area contributed by atoms with E-state index < -0.39 is 11.9 Å². The van der Waals surface area contributed by atoms with Gasteiger partial charge in [-0.3, -0.25) is 9.59 Å². The van der Waals surface area contributed by atoms with E-state index in [2.05, 4.69) is 0 Å². The van der Waals surface area contributed by atoms with Crippen molar-refractivity contribution in [2.45, 2.75) is 44.4 Å². The van der Waals surface area contributed by atoms with Crippen LogP contribution in [0.5, 0.6) is 0 Å². The van der Waals surface area contributed by atoms with Gasteiger partial charge >= 0.3 is 5.97 Å². The average molecular weight is 260 g/mol. The van der Waals surface area contributed by atoms with Crippen molar-refractivity contribution in [2.75, 3.05) is 0 Å². The number of carboxylic acid groups (broad SMARTS) is 1. The van der Waals surface area contributed by atoms with Gasteiger partial charge in [-0.05, 0) is 24.0 Å². The summed E-state index contributed by atoms with van der Waals surface area (Å²) in [5.74, 6) is -0.758. The lowest BCUT2D eigenvalue weighted by atomic mass is 9.80. The third kappa shape index (κ3) is 3.66. The summed E-state index contributed by atoms with van der Waals surface area (Å²) < 4.78 is 0. The van der Waals surface area contributed by atoms with Gasteiger partial charge in [0.15, 0.2) is 0 Å². The Bertz CT molecular complexity index is 447. The summed E-state index contributed by atoms with van der Waals surface area (Å²) in [6.07, 6.45) is 7.43. The lowest BCUT2D eigenvalue weighted by Crippen LogP contribution is -2.18. The number of hydrogen-bond acceptors (Lipinski definition) is 2. The second kappa shape index (κ2) is 6.50. The lowest BCUT2D eigenvalue weighted by Gasteiger charge is -2.24. The van der Waals surface area contributed by atoms with E-state index in [0.29, 0.717) is 17.9 Å². The molecule has 1 aromatic carbocycles. The van der Waals surface area contributed by atoms with Crippen molar-refractivity contribution in [1.82, 2.24) is 0 Å². The minimum atomic E-state index is -0.784. The molecule has 1 aliphatic rings. The van der Waals surface area contributed by atoms with E-state index in [9.17, 15) is 14.7 Å². The first-order chi connectivity index (χ1) is 9.20. The topological polar surface area (TPSA) is 54.4 Å². The summed E-state index contributed by atoms with van der Waals surface area (Å²) >= 11 is 0. The van der Waals surface area contributed by atoms with Gasteiger partial charge in [-0.2, -0.15) is 0 Å². The van der Waals surface area contributed by atoms with Crippen LogP contribution in [-0.4, -0.2) is 17.4 Å². The van der Waals surface area contributed by atoms with E-state index in [1.54, 1.807) is 18.2 Å². The average Bonchev–Trinajstić information content (AvgIpc) is 2.45. The first-order valence-corrected chi connectivity index (χ1v) is 6.98. The number of carboxylic acids is 1. The van der Waals surface area contributed by atoms with Crippen molar-refractivity contribution in [3.05, 3.63) is 35.4 Å². The van der Waals surface area contributed by atoms with Crippen molar-refractivity contribution in [3.63, 3.8) is 0 Å². The molecule has 0 heterocycles. The highest BCUT2D eigenvalue weighted by atomic mass is 16.4. The van der Waals surface area contributed by atoms with E-state index in [1.165, 1.54) is 19.3 Å². The van der Waals surface area contributed by atoms with Gasteiger partial charge < -0.3 is 5.11 Å². The first kappa shape index (κ1) is 13.8. The predicted octanol–water partition coefficient (Wildman–Crippen LogP) is 3.64. The fraction of sp³-hybridized carbons (Fsp3) is 0.500. The van der Waals surface area contributed by atoms with Gasteiger partial charge in [0.05, 0.1) is 5.92 Å². The van der Waals surface area contributed by atoms with Crippen LogP contribution >= 0.6 is 0 Å². The number of hydrogen-bond donors (Lipinski definition) is 1. The molecule has 1 aliphatic carbocycles. The predicted molar refractivity (Wildman–Crippen MR) is 73.4 cm³/mol. The fourth-order valence-electron chi connectivity index (χ4n) is 2.98. The molecule has 102 valence electrons. The smallest absolute Gasteiger partial charge is 0.310 e. The summed E-state index contributed by atoms with van der Waals surface area (Å²) in [5.41, 5.74) is 1.30. The number of rotatable bonds is 5. The molecule has 19 heavy (non-hydrogen) atoms. The summed E-state index contributed by atoms with van der Waals surface area (Å²) in [6.45, 7) is 0. The maximum atomic E-state index is 11.5. The molecule has 2 rings (SSSR count). The van der Waals surface area contributed by atoms with Gasteiger partial charge in [0.1, 0.15) is 6.29 Å². The van der Waals surface area contributed by atoms with E-state index in [1.807, 2.05) is 6.07 Å². The molecule has 0 saturated heterocycles. The van der Waals surface area contributed by atoms with Crippen LogP contribution in [0.4, 0.5) is 0 Å². The first-order valence-electron chi connectivity index (χ1n) is 6.98. The molecular weight excluding hydrogens is 240 g/mol. The van der Waals surface area contributed by atoms with Crippen LogP contribution in [-0.2, 0) is 4.79 Å². The van der Waals surface area contributed by atoms with Crippen molar-refractivity contribution in [2.24, 2.45) is 5.92 Å². The molecule has 0 aromatic heterocycles. The maximum absolute atomic E-state index is 11.5. The summed E-state index contributed by atoms with van der Waals surface area (Å²) in [7, 11) is 0. The monoisotopic (exact) mass is 260 g/mol. The fourth-order valence-corrected chi connectivity index (χ4v) is 2.98. The van der Waals surface area contributed by atoms with Crippen LogP contribution < -0.4 is 0 Å². The molecule has 0 amide bonds. The quantitative estimate of drug-likeness (QED) is 0.822. The Morgan fingerprint density at radius 1 is 1.32 bits per heavy atom. The Labute approximate surface area is 113 Å². The van der Waals surface area contributed by atoms with E-state index >= 15 is 0 Å². The van der Waals surface area contributed by atoms with Gasteiger partial charge in [0.25, 0.3) is 0 Å². The molecular formula is C16H20O3. The molecule has 0 aliphatic heterocycles. The van der Waals surface area contributed by atoms with Crippen LogP contribution in [0.2, 0.25) is 0 Å². The molecule has 0 radical (unpaired) electrons. The van der Waals surface area contributed by atoms with Crippen LogP contribution in [0.1, 0.15) is 60.4 Å². The lowest BCUT2D eigenvalue weighted by molar-refractivity contribution is -0.139. The number of benzene rings is 1. The molecule has 1 saturated carbocycles. The van der Waals surface area contributed by atoms with Crippen molar-refractivity contribution in [1.29, 1.82) is 0 Å². The third-order valence-corrected chi connectivity index (χ3v) is 4.04. The highest BCUT2D eigenvalue weighted by Gasteiger charge is 2.25. The number of aliphatic carboxylic acids is 1. The molecule has 1 atom stereocenters. The molecule has 1 unspecified atom stereocenters. The van der Waals surface area contributed by atoms with Crippen LogP contribution in [0.25, 0.3) is 0 Å². The van der Waals surface area contributed by atoms with Gasteiger partial charge in [-0.15, -0.1) is 0 Å². The summed E-state index contributed by atoms with van der Waals surface area (Å²) in [5, 5.41) is 9.43. The highest BCUT2D eigenvalue weighted by Crippen LogP contribution is 2.33. The standard InChI is InChI=1S/C16H20O3/c17-11-13-7-4-8-14(9-13)15(16(18)19)10-12-5-2-1-3-6-12/h4,7-9,11-12,15H,1-3,5-6,10H2,(H,18,19). The Balaban J connectivity index is 2.14. The van der Waals surface area contributed by atoms with Gasteiger partial charge in [-0.25, -0.2) is 0 Å². The minimum Gasteiger partial charge on any atom is -0.481 e. The molecule has 1 N–H and O–H groups in total. The SMILES string of the molecule is O=Cc1cccc(C(CC2CCCCC2)C(=O)O)c1. The van der Waals surface area contributed by atoms with Crippen LogP contribution in [0, 0.1) is 5.92 Å². The Morgan fingerprint density at radius 3 is 2.68 bits per heavy atom. The second-order valence-corrected chi connectivity index (χ2v) is 5.42. The second-order valence-electron chi connectivity index (χ2n) is 5.42. The molecule has 1 fully saturated rings. The zero-order chi connectivity index (χ0) is 13.7. The Morgan fingerprint density at radius 2 is 2.05 bits per heavy atom.